The minimum atomic E-state index is -3.70. The normalized spacial score (nSPS) is 13.9. The molecule has 0 bridgehead atoms. The first-order valence-corrected chi connectivity index (χ1v) is 13.6. The number of hydrogen-bond donors (Lipinski definition) is 1. The van der Waals surface area contributed by atoms with Gasteiger partial charge in [-0.25, -0.2) is 13.8 Å². The molecule has 0 saturated carbocycles. The van der Waals surface area contributed by atoms with Gasteiger partial charge in [-0.2, -0.15) is 5.10 Å². The van der Waals surface area contributed by atoms with Crippen LogP contribution in [0.5, 0.6) is 11.5 Å². The lowest BCUT2D eigenvalue weighted by molar-refractivity contribution is -0.134. The number of ether oxygens (including phenoxy) is 2. The molecule has 1 fully saturated rings. The lowest BCUT2D eigenvalue weighted by Gasteiger charge is -2.26. The molecule has 1 heterocycles. The predicted molar refractivity (Wildman–Crippen MR) is 138 cm³/mol. The zero-order valence-corrected chi connectivity index (χ0v) is 21.4. The molecule has 1 saturated heterocycles. The van der Waals surface area contributed by atoms with Gasteiger partial charge in [0.15, 0.2) is 6.61 Å². The fourth-order valence-electron chi connectivity index (χ4n) is 3.65. The summed E-state index contributed by atoms with van der Waals surface area (Å²) in [5, 5.41) is 3.91. The first kappa shape index (κ1) is 27.0. The molecule has 0 atom stereocenters. The largest absolute Gasteiger partial charge is 0.494 e. The summed E-state index contributed by atoms with van der Waals surface area (Å²) in [6.45, 7) is 3.47. The molecule has 0 aliphatic carbocycles. The van der Waals surface area contributed by atoms with Crippen LogP contribution in [0.15, 0.2) is 53.6 Å². The number of likely N-dealkylation sites (tertiary alicyclic amines) is 1. The number of piperidine rings is 1. The van der Waals surface area contributed by atoms with Gasteiger partial charge in [-0.15, -0.1) is 0 Å². The third-order valence-corrected chi connectivity index (χ3v) is 6.62. The van der Waals surface area contributed by atoms with Gasteiger partial charge in [0.2, 0.25) is 10.0 Å². The van der Waals surface area contributed by atoms with Crippen LogP contribution < -0.4 is 19.2 Å². The van der Waals surface area contributed by atoms with Crippen molar-refractivity contribution in [2.24, 2.45) is 5.10 Å². The summed E-state index contributed by atoms with van der Waals surface area (Å²) >= 11 is 0. The lowest BCUT2D eigenvalue weighted by Crippen LogP contribution is -2.39. The number of nitrogens with one attached hydrogen (secondary N) is 1. The van der Waals surface area contributed by atoms with Crippen molar-refractivity contribution in [1.82, 2.24) is 10.3 Å². The van der Waals surface area contributed by atoms with E-state index < -0.39 is 22.5 Å². The van der Waals surface area contributed by atoms with E-state index in [0.29, 0.717) is 29.4 Å². The van der Waals surface area contributed by atoms with Gasteiger partial charge in [-0.05, 0) is 80.3 Å². The maximum atomic E-state index is 12.4. The van der Waals surface area contributed by atoms with Crippen molar-refractivity contribution >= 4 is 33.7 Å². The maximum Gasteiger partial charge on any atom is 0.260 e. The molecule has 11 heteroatoms. The molecule has 10 nitrogen and oxygen atoms in total. The molecule has 0 radical (unpaired) electrons. The Balaban J connectivity index is 1.50. The topological polar surface area (TPSA) is 118 Å². The van der Waals surface area contributed by atoms with Crippen LogP contribution >= 0.6 is 0 Å². The zero-order valence-electron chi connectivity index (χ0n) is 20.6. The minimum Gasteiger partial charge on any atom is -0.494 e. The average molecular weight is 517 g/mol. The van der Waals surface area contributed by atoms with E-state index >= 15 is 0 Å². The predicted octanol–water partition coefficient (Wildman–Crippen LogP) is 2.39. The summed E-state index contributed by atoms with van der Waals surface area (Å²) in [4.78, 5) is 26.4. The van der Waals surface area contributed by atoms with Crippen molar-refractivity contribution in [3.05, 3.63) is 54.1 Å². The standard InChI is InChI=1S/C25H32N4O6S/c1-3-34-22-13-9-21(10-14-22)29(36(2,32)33)18-24(30)27-26-17-20-7-11-23(12-8-20)35-19-25(31)28-15-5-4-6-16-28/h7-14,17H,3-6,15-16,18-19H2,1-2H3,(H,27,30)/b26-17-. The summed E-state index contributed by atoms with van der Waals surface area (Å²) in [6.07, 6.45) is 5.69. The first-order valence-electron chi connectivity index (χ1n) is 11.8. The second kappa shape index (κ2) is 12.9. The Kier molecular flexibility index (Phi) is 9.69. The highest BCUT2D eigenvalue weighted by Gasteiger charge is 2.21. The van der Waals surface area contributed by atoms with E-state index in [4.69, 9.17) is 9.47 Å². The van der Waals surface area contributed by atoms with E-state index in [0.717, 1.165) is 42.9 Å². The highest BCUT2D eigenvalue weighted by Crippen LogP contribution is 2.21. The number of carbonyl (C=O) groups excluding carboxylic acids is 2. The number of benzene rings is 2. The van der Waals surface area contributed by atoms with Gasteiger partial charge in [-0.1, -0.05) is 0 Å². The van der Waals surface area contributed by atoms with E-state index in [-0.39, 0.29) is 12.5 Å². The van der Waals surface area contributed by atoms with Crippen LogP contribution in [-0.4, -0.2) is 70.5 Å². The Hall–Kier alpha value is -3.60. The summed E-state index contributed by atoms with van der Waals surface area (Å²) < 4.78 is 36.4. The van der Waals surface area contributed by atoms with Crippen molar-refractivity contribution < 1.29 is 27.5 Å². The van der Waals surface area contributed by atoms with Crippen molar-refractivity contribution in [2.45, 2.75) is 26.2 Å². The molecule has 1 N–H and O–H groups in total. The molecule has 1 aliphatic rings. The van der Waals surface area contributed by atoms with Gasteiger partial charge in [0, 0.05) is 13.1 Å². The quantitative estimate of drug-likeness (QED) is 0.362. The van der Waals surface area contributed by atoms with Crippen LogP contribution in [0.1, 0.15) is 31.7 Å². The highest BCUT2D eigenvalue weighted by molar-refractivity contribution is 7.92. The number of hydrogen-bond acceptors (Lipinski definition) is 7. The van der Waals surface area contributed by atoms with Gasteiger partial charge >= 0.3 is 0 Å². The van der Waals surface area contributed by atoms with Crippen LogP contribution in [0, 0.1) is 0 Å². The fourth-order valence-corrected chi connectivity index (χ4v) is 4.51. The van der Waals surface area contributed by atoms with E-state index in [1.54, 1.807) is 48.5 Å². The average Bonchev–Trinajstić information content (AvgIpc) is 2.87. The third-order valence-electron chi connectivity index (χ3n) is 5.48. The third kappa shape index (κ3) is 8.26. The highest BCUT2D eigenvalue weighted by atomic mass is 32.2. The molecule has 2 aromatic carbocycles. The summed E-state index contributed by atoms with van der Waals surface area (Å²) in [7, 11) is -3.70. The van der Waals surface area contributed by atoms with Crippen LogP contribution in [0.25, 0.3) is 0 Å². The molecule has 2 aromatic rings. The summed E-state index contributed by atoms with van der Waals surface area (Å²) in [5.74, 6) is 0.549. The van der Waals surface area contributed by atoms with Crippen molar-refractivity contribution in [2.75, 3.05) is 43.4 Å². The van der Waals surface area contributed by atoms with Crippen LogP contribution in [0.3, 0.4) is 0 Å². The van der Waals surface area contributed by atoms with Crippen molar-refractivity contribution in [3.8, 4) is 11.5 Å². The van der Waals surface area contributed by atoms with Gasteiger partial charge in [0.1, 0.15) is 18.0 Å². The summed E-state index contributed by atoms with van der Waals surface area (Å²) in [5.41, 5.74) is 3.38. The monoisotopic (exact) mass is 516 g/mol. The van der Waals surface area contributed by atoms with Crippen LogP contribution in [0.2, 0.25) is 0 Å². The maximum absolute atomic E-state index is 12.4. The smallest absolute Gasteiger partial charge is 0.260 e. The molecule has 36 heavy (non-hydrogen) atoms. The molecule has 194 valence electrons. The molecule has 2 amide bonds. The number of anilines is 1. The first-order chi connectivity index (χ1) is 17.3. The number of sulfonamides is 1. The minimum absolute atomic E-state index is 0.00527. The van der Waals surface area contributed by atoms with Gasteiger partial charge < -0.3 is 14.4 Å². The SMILES string of the molecule is CCOc1ccc(N(CC(=O)N/N=C\c2ccc(OCC(=O)N3CCCCC3)cc2)S(C)(=O)=O)cc1. The molecular weight excluding hydrogens is 484 g/mol. The Morgan fingerprint density at radius 3 is 2.22 bits per heavy atom. The van der Waals surface area contributed by atoms with Crippen LogP contribution in [0.4, 0.5) is 5.69 Å². The number of hydrazone groups is 1. The molecule has 3 rings (SSSR count). The second-order valence-corrected chi connectivity index (χ2v) is 10.2. The number of carbonyl (C=O) groups is 2. The van der Waals surface area contributed by atoms with Gasteiger partial charge in [0.25, 0.3) is 11.8 Å². The Bertz CT molecular complexity index is 1140. The van der Waals surface area contributed by atoms with E-state index in [9.17, 15) is 18.0 Å². The van der Waals surface area contributed by atoms with E-state index in [1.807, 2.05) is 11.8 Å². The van der Waals surface area contributed by atoms with Crippen molar-refractivity contribution in [1.29, 1.82) is 0 Å². The van der Waals surface area contributed by atoms with Crippen LogP contribution in [-0.2, 0) is 19.6 Å². The molecule has 0 unspecified atom stereocenters. The molecule has 0 aromatic heterocycles. The summed E-state index contributed by atoms with van der Waals surface area (Å²) in [6, 6.07) is 13.3. The van der Waals surface area contributed by atoms with Gasteiger partial charge in [-0.3, -0.25) is 13.9 Å². The zero-order chi connectivity index (χ0) is 26.0. The number of amides is 2. The Labute approximate surface area is 211 Å². The Morgan fingerprint density at radius 2 is 1.61 bits per heavy atom. The van der Waals surface area contributed by atoms with E-state index in [1.165, 1.54) is 6.21 Å². The molecular formula is C25H32N4O6S. The molecule has 0 spiro atoms. The van der Waals surface area contributed by atoms with Crippen molar-refractivity contribution in [3.63, 3.8) is 0 Å². The number of rotatable bonds is 11. The van der Waals surface area contributed by atoms with E-state index in [2.05, 4.69) is 10.5 Å². The number of nitrogens with zero attached hydrogens (tertiary/aromatic N) is 3. The Morgan fingerprint density at radius 1 is 1.00 bits per heavy atom. The lowest BCUT2D eigenvalue weighted by atomic mass is 10.1. The fraction of sp³-hybridized carbons (Fsp3) is 0.400. The second-order valence-electron chi connectivity index (χ2n) is 8.29. The van der Waals surface area contributed by atoms with Gasteiger partial charge in [0.05, 0.1) is 24.8 Å². The molecule has 1 aliphatic heterocycles.